The van der Waals surface area contributed by atoms with E-state index in [-0.39, 0.29) is 50.4 Å². The van der Waals surface area contributed by atoms with Crippen LogP contribution in [0.1, 0.15) is 67.7 Å². The first-order chi connectivity index (χ1) is 25.1. The Labute approximate surface area is 307 Å². The third kappa shape index (κ3) is 7.86. The number of hydrogen-bond donors (Lipinski definition) is 2. The van der Waals surface area contributed by atoms with Gasteiger partial charge in [-0.25, -0.2) is 0 Å². The molecule has 3 heterocycles. The number of benzene rings is 2. The van der Waals surface area contributed by atoms with Crippen molar-refractivity contribution in [3.8, 4) is 0 Å². The average Bonchev–Trinajstić information content (AvgIpc) is 3.78. The van der Waals surface area contributed by atoms with Gasteiger partial charge in [-0.3, -0.25) is 19.2 Å². The van der Waals surface area contributed by atoms with Gasteiger partial charge in [0.1, 0.15) is 17.7 Å². The highest BCUT2D eigenvalue weighted by Crippen LogP contribution is 2.59. The van der Waals surface area contributed by atoms with E-state index in [1.165, 1.54) is 7.11 Å². The summed E-state index contributed by atoms with van der Waals surface area (Å²) in [5.74, 6) is -3.35. The number of carbonyl (C=O) groups is 4. The minimum atomic E-state index is -1.23. The van der Waals surface area contributed by atoms with Gasteiger partial charge in [-0.2, -0.15) is 0 Å². The van der Waals surface area contributed by atoms with Crippen LogP contribution in [0.25, 0.3) is 0 Å². The van der Waals surface area contributed by atoms with Crippen molar-refractivity contribution in [3.05, 3.63) is 90.5 Å². The lowest BCUT2D eigenvalue weighted by molar-refractivity contribution is -0.163. The zero-order chi connectivity index (χ0) is 37.4. The number of esters is 1. The normalized spacial score (nSPS) is 24.2. The second-order valence-electron chi connectivity index (χ2n) is 14.1. The maximum atomic E-state index is 14.9. The van der Waals surface area contributed by atoms with Crippen LogP contribution < -0.4 is 10.2 Å². The van der Waals surface area contributed by atoms with Crippen LogP contribution >= 0.6 is 0 Å². The fourth-order valence-electron chi connectivity index (χ4n) is 8.23. The number of nitrogens with one attached hydrogen (secondary N) is 1. The molecular weight excluding hydrogens is 662 g/mol. The Morgan fingerprint density at radius 3 is 2.58 bits per heavy atom. The molecule has 280 valence electrons. The predicted molar refractivity (Wildman–Crippen MR) is 197 cm³/mol. The molecule has 52 heavy (non-hydrogen) atoms. The molecule has 3 saturated heterocycles. The molecule has 5 rings (SSSR count). The molecule has 11 nitrogen and oxygen atoms in total. The van der Waals surface area contributed by atoms with Crippen molar-refractivity contribution in [2.24, 2.45) is 11.8 Å². The molecule has 1 spiro atoms. The molecule has 0 unspecified atom stereocenters. The quantitative estimate of drug-likeness (QED) is 0.121. The lowest BCUT2D eigenvalue weighted by Gasteiger charge is -2.37. The zero-order valence-electron chi connectivity index (χ0n) is 30.6. The van der Waals surface area contributed by atoms with E-state index in [2.05, 4.69) is 18.5 Å². The molecule has 2 aromatic carbocycles. The van der Waals surface area contributed by atoms with Crippen molar-refractivity contribution >= 4 is 29.4 Å². The number of fused-ring (bicyclic) bond motifs is 1. The van der Waals surface area contributed by atoms with Crippen molar-refractivity contribution in [1.82, 2.24) is 10.2 Å². The summed E-state index contributed by atoms with van der Waals surface area (Å²) >= 11 is 0. The molecule has 2 bridgehead atoms. The van der Waals surface area contributed by atoms with Gasteiger partial charge in [0.05, 0.1) is 30.6 Å². The third-order valence-corrected chi connectivity index (χ3v) is 10.6. The van der Waals surface area contributed by atoms with E-state index < -0.39 is 47.7 Å². The van der Waals surface area contributed by atoms with E-state index in [1.54, 1.807) is 22.0 Å². The molecule has 0 aliphatic carbocycles. The zero-order valence-corrected chi connectivity index (χ0v) is 30.6. The molecule has 3 aliphatic rings. The van der Waals surface area contributed by atoms with Crippen LogP contribution in [-0.4, -0.2) is 90.9 Å². The Kier molecular flexibility index (Phi) is 13.1. The number of aryl methyl sites for hydroxylation is 2. The number of allylic oxidation sites excluding steroid dienone is 1. The first-order valence-electron chi connectivity index (χ1n) is 18.3. The summed E-state index contributed by atoms with van der Waals surface area (Å²) in [6.45, 7) is 12.1. The van der Waals surface area contributed by atoms with Crippen molar-refractivity contribution in [2.75, 3.05) is 38.3 Å². The van der Waals surface area contributed by atoms with Gasteiger partial charge in [-0.05, 0) is 75.1 Å². The first kappa shape index (κ1) is 38.9. The highest BCUT2D eigenvalue weighted by molar-refractivity contribution is 6.05. The SMILES string of the molecule is C=CCCC(=O)N[C@@H](COC)[C@@H](OC(=O)[C@@H]1[C@H]2C(=O)N(CCCCCO)[C@H](C(=O)N(CC=C)c3cc(C)ccc3C)[C@]23CC[C@H]1O3)c1ccccc1. The van der Waals surface area contributed by atoms with Gasteiger partial charge in [0, 0.05) is 38.9 Å². The fraction of sp³-hybridized carbons (Fsp3) is 0.512. The minimum absolute atomic E-state index is 0.0304. The Bertz CT molecular complexity index is 1610. The van der Waals surface area contributed by atoms with Crippen molar-refractivity contribution < 1.29 is 38.5 Å². The molecule has 11 heteroatoms. The fourth-order valence-corrected chi connectivity index (χ4v) is 8.23. The Morgan fingerprint density at radius 2 is 1.88 bits per heavy atom. The van der Waals surface area contributed by atoms with E-state index in [4.69, 9.17) is 14.2 Å². The highest BCUT2D eigenvalue weighted by Gasteiger charge is 2.75. The first-order valence-corrected chi connectivity index (χ1v) is 18.3. The largest absolute Gasteiger partial charge is 0.455 e. The molecule has 3 fully saturated rings. The van der Waals surface area contributed by atoms with Gasteiger partial charge in [-0.1, -0.05) is 54.6 Å². The number of aliphatic hydroxyl groups is 1. The number of unbranched alkanes of at least 4 members (excludes halogenated alkanes) is 2. The molecule has 0 aromatic heterocycles. The third-order valence-electron chi connectivity index (χ3n) is 10.6. The lowest BCUT2D eigenvalue weighted by atomic mass is 9.70. The van der Waals surface area contributed by atoms with E-state index in [9.17, 15) is 24.3 Å². The summed E-state index contributed by atoms with van der Waals surface area (Å²) in [6.07, 6.45) is 5.20. The summed E-state index contributed by atoms with van der Waals surface area (Å²) in [4.78, 5) is 60.3. The standard InChI is InChI=1S/C41H53N3O8/c1-6-8-17-33(46)42-30(26-50-5)36(29-15-11-9-12-16-29)51-40(49)34-32-20-21-41(52-32)35(34)38(47)44(23-13-10-14-24-45)37(41)39(48)43(22-7-2)31-25-27(3)18-19-28(31)4/h6-7,9,11-12,15-16,18-19,25,30,32,34-37,45H,1-2,8,10,13-14,17,20-24,26H2,3-5H3,(H,42,46)/t30-,32+,34-,35-,36-,37+,41-/m0/s1. The van der Waals surface area contributed by atoms with E-state index >= 15 is 0 Å². The Hall–Kier alpha value is -4.32. The number of carbonyl (C=O) groups excluding carboxylic acids is 4. The number of ether oxygens (including phenoxy) is 3. The van der Waals surface area contributed by atoms with Gasteiger partial charge in [0.15, 0.2) is 0 Å². The second kappa shape index (κ2) is 17.5. The van der Waals surface area contributed by atoms with E-state index in [0.29, 0.717) is 44.1 Å². The van der Waals surface area contributed by atoms with Crippen LogP contribution in [0.2, 0.25) is 0 Å². The smallest absolute Gasteiger partial charge is 0.313 e. The molecular formula is C41H53N3O8. The van der Waals surface area contributed by atoms with Crippen LogP contribution in [0.3, 0.4) is 0 Å². The van der Waals surface area contributed by atoms with Crippen LogP contribution in [0.5, 0.6) is 0 Å². The molecule has 7 atom stereocenters. The van der Waals surface area contributed by atoms with Crippen LogP contribution in [0.15, 0.2) is 73.8 Å². The summed E-state index contributed by atoms with van der Waals surface area (Å²) in [7, 11) is 1.51. The van der Waals surface area contributed by atoms with Crippen molar-refractivity contribution in [2.45, 2.75) is 88.7 Å². The van der Waals surface area contributed by atoms with Gasteiger partial charge >= 0.3 is 5.97 Å². The summed E-state index contributed by atoms with van der Waals surface area (Å²) in [6, 6.07) is 13.4. The second-order valence-corrected chi connectivity index (χ2v) is 14.1. The number of methoxy groups -OCH3 is 1. The summed E-state index contributed by atoms with van der Waals surface area (Å²) < 4.78 is 18.5. The lowest BCUT2D eigenvalue weighted by Crippen LogP contribution is -2.56. The average molecular weight is 716 g/mol. The molecule has 3 amide bonds. The maximum absolute atomic E-state index is 14.9. The number of anilines is 1. The minimum Gasteiger partial charge on any atom is -0.455 e. The van der Waals surface area contributed by atoms with E-state index in [1.807, 2.05) is 62.4 Å². The number of nitrogens with zero attached hydrogens (tertiary/aromatic N) is 2. The number of amides is 3. The molecule has 3 aliphatic heterocycles. The molecule has 0 radical (unpaired) electrons. The number of likely N-dealkylation sites (tertiary alicyclic amines) is 1. The molecule has 2 aromatic rings. The van der Waals surface area contributed by atoms with Crippen molar-refractivity contribution in [3.63, 3.8) is 0 Å². The van der Waals surface area contributed by atoms with Crippen LogP contribution in [-0.2, 0) is 33.4 Å². The van der Waals surface area contributed by atoms with E-state index in [0.717, 1.165) is 16.8 Å². The number of hydrogen-bond acceptors (Lipinski definition) is 8. The van der Waals surface area contributed by atoms with Gasteiger partial charge in [0.25, 0.3) is 5.91 Å². The molecule has 0 saturated carbocycles. The van der Waals surface area contributed by atoms with Crippen molar-refractivity contribution in [1.29, 1.82) is 0 Å². The summed E-state index contributed by atoms with van der Waals surface area (Å²) in [5.41, 5.74) is 2.04. The maximum Gasteiger partial charge on any atom is 0.313 e. The van der Waals surface area contributed by atoms with Gasteiger partial charge in [0.2, 0.25) is 11.8 Å². The van der Waals surface area contributed by atoms with Crippen LogP contribution in [0.4, 0.5) is 5.69 Å². The predicted octanol–water partition coefficient (Wildman–Crippen LogP) is 4.74. The number of aliphatic hydroxyl groups excluding tert-OH is 1. The van der Waals surface area contributed by atoms with Crippen LogP contribution in [0, 0.1) is 25.7 Å². The highest BCUT2D eigenvalue weighted by atomic mass is 16.6. The molecule has 2 N–H and O–H groups in total. The monoisotopic (exact) mass is 715 g/mol. The topological polar surface area (TPSA) is 135 Å². The van der Waals surface area contributed by atoms with Gasteiger partial charge in [-0.15, -0.1) is 13.2 Å². The Balaban J connectivity index is 1.50. The number of rotatable bonds is 19. The Morgan fingerprint density at radius 1 is 1.12 bits per heavy atom. The summed E-state index contributed by atoms with van der Waals surface area (Å²) in [5, 5.41) is 12.4. The van der Waals surface area contributed by atoms with Gasteiger partial charge < -0.3 is 34.4 Å².